The molecule has 0 radical (unpaired) electrons. The van der Waals surface area contributed by atoms with Gasteiger partial charge in [-0.25, -0.2) is 0 Å². The van der Waals surface area contributed by atoms with Gasteiger partial charge in [0.15, 0.2) is 0 Å². The van der Waals surface area contributed by atoms with E-state index in [-0.39, 0.29) is 23.5 Å². The molecule has 5 nitrogen and oxygen atoms in total. The van der Waals surface area contributed by atoms with E-state index in [0.717, 1.165) is 0 Å². The Hall–Kier alpha value is -2.63. The van der Waals surface area contributed by atoms with Crippen molar-refractivity contribution in [3.63, 3.8) is 0 Å². The van der Waals surface area contributed by atoms with Crippen molar-refractivity contribution in [2.24, 2.45) is 0 Å². The SMILES string of the molecule is CNC(=O)C(C(=N)c1ccc(Cl)cc1)=C(O)CC(O)c1ccccc1. The summed E-state index contributed by atoms with van der Waals surface area (Å²) >= 11 is 5.84. The van der Waals surface area contributed by atoms with Gasteiger partial charge in [0.2, 0.25) is 0 Å². The molecule has 0 aliphatic carbocycles. The number of carbonyl (C=O) groups is 1. The minimum absolute atomic E-state index is 0.145. The predicted molar refractivity (Wildman–Crippen MR) is 98.0 cm³/mol. The van der Waals surface area contributed by atoms with Gasteiger partial charge in [0, 0.05) is 24.1 Å². The zero-order valence-corrected chi connectivity index (χ0v) is 14.4. The van der Waals surface area contributed by atoms with Crippen LogP contribution in [0.3, 0.4) is 0 Å². The molecule has 1 unspecified atom stereocenters. The molecule has 0 aliphatic heterocycles. The molecule has 0 fully saturated rings. The van der Waals surface area contributed by atoms with Gasteiger partial charge >= 0.3 is 0 Å². The zero-order chi connectivity index (χ0) is 18.4. The Morgan fingerprint density at radius 1 is 1.16 bits per heavy atom. The van der Waals surface area contributed by atoms with Crippen LogP contribution in [-0.2, 0) is 4.79 Å². The molecule has 0 saturated heterocycles. The highest BCUT2D eigenvalue weighted by molar-refractivity contribution is 6.31. The second-order valence-corrected chi connectivity index (χ2v) is 5.85. The fraction of sp³-hybridized carbons (Fsp3) is 0.158. The van der Waals surface area contributed by atoms with Crippen molar-refractivity contribution in [1.29, 1.82) is 5.41 Å². The lowest BCUT2D eigenvalue weighted by Crippen LogP contribution is -2.27. The van der Waals surface area contributed by atoms with Gasteiger partial charge in [0.25, 0.3) is 5.91 Å². The number of hydrogen-bond donors (Lipinski definition) is 4. The molecule has 6 heteroatoms. The fourth-order valence-electron chi connectivity index (χ4n) is 2.35. The summed E-state index contributed by atoms with van der Waals surface area (Å²) in [6.07, 6.45) is -1.16. The highest BCUT2D eigenvalue weighted by Crippen LogP contribution is 2.23. The lowest BCUT2D eigenvalue weighted by atomic mass is 9.97. The Morgan fingerprint density at radius 3 is 2.32 bits per heavy atom. The maximum Gasteiger partial charge on any atom is 0.256 e. The number of benzene rings is 2. The first kappa shape index (κ1) is 18.7. The lowest BCUT2D eigenvalue weighted by Gasteiger charge is -2.15. The summed E-state index contributed by atoms with van der Waals surface area (Å²) in [5.41, 5.74) is 0.723. The van der Waals surface area contributed by atoms with Crippen LogP contribution in [0.4, 0.5) is 0 Å². The average molecular weight is 359 g/mol. The first-order chi connectivity index (χ1) is 11.9. The molecule has 0 aliphatic rings. The summed E-state index contributed by atoms with van der Waals surface area (Å²) in [5.74, 6) is -0.951. The molecule has 4 N–H and O–H groups in total. The van der Waals surface area contributed by atoms with Crippen molar-refractivity contribution in [1.82, 2.24) is 5.32 Å². The van der Waals surface area contributed by atoms with E-state index in [1.165, 1.54) is 7.05 Å². The zero-order valence-electron chi connectivity index (χ0n) is 13.7. The molecule has 0 saturated carbocycles. The number of amides is 1. The second kappa shape index (κ2) is 8.46. The van der Waals surface area contributed by atoms with Crippen LogP contribution in [0.5, 0.6) is 0 Å². The quantitative estimate of drug-likeness (QED) is 0.362. The summed E-state index contributed by atoms with van der Waals surface area (Å²) in [6, 6.07) is 15.2. The van der Waals surface area contributed by atoms with Gasteiger partial charge in [0.1, 0.15) is 11.3 Å². The van der Waals surface area contributed by atoms with Crippen LogP contribution in [0.15, 0.2) is 65.9 Å². The van der Waals surface area contributed by atoms with Crippen LogP contribution in [0.2, 0.25) is 5.02 Å². The fourth-order valence-corrected chi connectivity index (χ4v) is 2.48. The van der Waals surface area contributed by atoms with Crippen LogP contribution in [0.25, 0.3) is 0 Å². The third kappa shape index (κ3) is 4.68. The van der Waals surface area contributed by atoms with Crippen molar-refractivity contribution in [3.8, 4) is 0 Å². The predicted octanol–water partition coefficient (Wildman–Crippen LogP) is 3.39. The van der Waals surface area contributed by atoms with Crippen molar-refractivity contribution >= 4 is 23.2 Å². The van der Waals surface area contributed by atoms with E-state index in [4.69, 9.17) is 17.0 Å². The Labute approximate surface area is 151 Å². The van der Waals surface area contributed by atoms with Crippen molar-refractivity contribution in [3.05, 3.63) is 82.1 Å². The van der Waals surface area contributed by atoms with E-state index in [2.05, 4.69) is 5.32 Å². The van der Waals surface area contributed by atoms with Gasteiger partial charge < -0.3 is 15.5 Å². The summed E-state index contributed by atoms with van der Waals surface area (Å²) in [5, 5.41) is 31.9. The average Bonchev–Trinajstić information content (AvgIpc) is 2.62. The Morgan fingerprint density at radius 2 is 1.76 bits per heavy atom. The number of rotatable bonds is 6. The lowest BCUT2D eigenvalue weighted by molar-refractivity contribution is -0.116. The van der Waals surface area contributed by atoms with Crippen molar-refractivity contribution in [2.45, 2.75) is 12.5 Å². The molecule has 130 valence electrons. The largest absolute Gasteiger partial charge is 0.511 e. The maximum absolute atomic E-state index is 12.2. The van der Waals surface area contributed by atoms with Crippen molar-refractivity contribution in [2.75, 3.05) is 7.05 Å². The van der Waals surface area contributed by atoms with Gasteiger partial charge in [-0.3, -0.25) is 10.2 Å². The summed E-state index contributed by atoms with van der Waals surface area (Å²) in [6.45, 7) is 0. The Balaban J connectivity index is 2.34. The number of halogens is 1. The van der Waals surface area contributed by atoms with Gasteiger partial charge in [-0.05, 0) is 17.7 Å². The number of aliphatic hydroxyl groups is 2. The number of carbonyl (C=O) groups excluding carboxylic acids is 1. The summed E-state index contributed by atoms with van der Waals surface area (Å²) in [7, 11) is 1.42. The molecule has 1 amide bonds. The Bertz CT molecular complexity index is 786. The van der Waals surface area contributed by atoms with Crippen LogP contribution in [0, 0.1) is 5.41 Å². The molecule has 0 bridgehead atoms. The van der Waals surface area contributed by atoms with Crippen LogP contribution >= 0.6 is 11.6 Å². The molecular formula is C19H19ClN2O3. The molecule has 0 aromatic heterocycles. The van der Waals surface area contributed by atoms with Gasteiger partial charge in [-0.2, -0.15) is 0 Å². The van der Waals surface area contributed by atoms with Crippen molar-refractivity contribution < 1.29 is 15.0 Å². The van der Waals surface area contributed by atoms with E-state index in [9.17, 15) is 15.0 Å². The number of nitrogens with one attached hydrogen (secondary N) is 2. The van der Waals surface area contributed by atoms with Crippen LogP contribution in [0.1, 0.15) is 23.7 Å². The minimum Gasteiger partial charge on any atom is -0.511 e. The first-order valence-electron chi connectivity index (χ1n) is 7.66. The van der Waals surface area contributed by atoms with Crippen LogP contribution < -0.4 is 5.32 Å². The second-order valence-electron chi connectivity index (χ2n) is 5.41. The van der Waals surface area contributed by atoms with Gasteiger partial charge in [-0.15, -0.1) is 0 Å². The summed E-state index contributed by atoms with van der Waals surface area (Å²) in [4.78, 5) is 12.2. The highest BCUT2D eigenvalue weighted by atomic mass is 35.5. The smallest absolute Gasteiger partial charge is 0.256 e. The number of aliphatic hydroxyl groups excluding tert-OH is 2. The molecule has 2 rings (SSSR count). The maximum atomic E-state index is 12.2. The molecule has 25 heavy (non-hydrogen) atoms. The Kier molecular flexibility index (Phi) is 6.33. The molecule has 0 heterocycles. The standard InChI is InChI=1S/C19H19ClN2O3/c1-22-19(25)17(18(21)13-7-9-14(20)10-8-13)16(24)11-15(23)12-5-3-2-4-6-12/h2-10,15,21,23-24H,11H2,1H3,(H,22,25). The topological polar surface area (TPSA) is 93.4 Å². The molecule has 1 atom stereocenters. The first-order valence-corrected chi connectivity index (χ1v) is 8.04. The van der Waals surface area contributed by atoms with Gasteiger partial charge in [-0.1, -0.05) is 54.1 Å². The molecule has 0 spiro atoms. The van der Waals surface area contributed by atoms with E-state index in [0.29, 0.717) is 16.1 Å². The molecular weight excluding hydrogens is 340 g/mol. The highest BCUT2D eigenvalue weighted by Gasteiger charge is 2.22. The third-order valence-electron chi connectivity index (χ3n) is 3.70. The van der Waals surface area contributed by atoms with E-state index >= 15 is 0 Å². The number of likely N-dealkylation sites (N-methyl/N-ethyl adjacent to an activating group) is 1. The monoisotopic (exact) mass is 358 g/mol. The molecule has 2 aromatic carbocycles. The van der Waals surface area contributed by atoms with Crippen LogP contribution in [-0.4, -0.2) is 28.9 Å². The summed E-state index contributed by atoms with van der Waals surface area (Å²) < 4.78 is 0. The minimum atomic E-state index is -0.987. The third-order valence-corrected chi connectivity index (χ3v) is 3.95. The van der Waals surface area contributed by atoms with E-state index in [1.807, 2.05) is 6.07 Å². The van der Waals surface area contributed by atoms with E-state index < -0.39 is 12.0 Å². The van der Waals surface area contributed by atoms with E-state index in [1.54, 1.807) is 48.5 Å². The normalized spacial score (nSPS) is 12.9. The van der Waals surface area contributed by atoms with Gasteiger partial charge in [0.05, 0.1) is 11.8 Å². The molecule has 2 aromatic rings. The number of hydrogen-bond acceptors (Lipinski definition) is 4.